The van der Waals surface area contributed by atoms with Crippen LogP contribution in [0.3, 0.4) is 0 Å². The third-order valence-electron chi connectivity index (χ3n) is 3.69. The molecular formula is C19H26F4N2O3. The van der Waals surface area contributed by atoms with Crippen molar-refractivity contribution in [1.82, 2.24) is 0 Å². The molecule has 1 saturated carbocycles. The number of nitriles is 2. The Morgan fingerprint density at radius 1 is 0.857 bits per heavy atom. The van der Waals surface area contributed by atoms with Crippen LogP contribution in [0.5, 0.6) is 0 Å². The Morgan fingerprint density at radius 2 is 1.18 bits per heavy atom. The molecule has 1 aliphatic carbocycles. The number of aliphatic hydroxyl groups excluding tert-OH is 3. The molecule has 9 heteroatoms. The van der Waals surface area contributed by atoms with E-state index in [0.29, 0.717) is 6.61 Å². The zero-order chi connectivity index (χ0) is 21.0. The number of unbranched alkanes of at least 4 members (excludes halogenated alkanes) is 1. The van der Waals surface area contributed by atoms with Crippen molar-refractivity contribution in [3.05, 3.63) is 34.4 Å². The minimum atomic E-state index is -1.86. The Bertz CT molecular complexity index is 601. The highest BCUT2D eigenvalue weighted by Crippen LogP contribution is 2.22. The van der Waals surface area contributed by atoms with Crippen LogP contribution >= 0.6 is 0 Å². The van der Waals surface area contributed by atoms with Gasteiger partial charge in [-0.1, -0.05) is 33.6 Å². The van der Waals surface area contributed by atoms with Crippen molar-refractivity contribution in [2.75, 3.05) is 6.61 Å². The molecule has 1 aromatic carbocycles. The van der Waals surface area contributed by atoms with E-state index in [9.17, 15) is 17.6 Å². The first-order chi connectivity index (χ1) is 12.8. The van der Waals surface area contributed by atoms with Crippen molar-refractivity contribution >= 4 is 0 Å². The van der Waals surface area contributed by atoms with E-state index in [0.717, 1.165) is 50.7 Å². The predicted molar refractivity (Wildman–Crippen MR) is 94.9 cm³/mol. The SMILES string of the molecule is C.CCCCO.N#Cc1c(F)c(F)c(C#N)c(F)c1F.O[C@@H]1CCCC[C@H]1O. The number of benzene rings is 1. The van der Waals surface area contributed by atoms with Gasteiger partial charge in [-0.3, -0.25) is 0 Å². The zero-order valence-electron chi connectivity index (χ0n) is 14.9. The molecule has 28 heavy (non-hydrogen) atoms. The average molecular weight is 406 g/mol. The lowest BCUT2D eigenvalue weighted by Crippen LogP contribution is -2.28. The molecule has 1 fully saturated rings. The normalized spacial score (nSPS) is 17.5. The van der Waals surface area contributed by atoms with E-state index in [4.69, 9.17) is 25.8 Å². The maximum Gasteiger partial charge on any atom is 0.181 e. The fourth-order valence-electron chi connectivity index (χ4n) is 2.08. The van der Waals surface area contributed by atoms with Crippen LogP contribution in [0.1, 0.15) is 64.0 Å². The Kier molecular flexibility index (Phi) is 14.8. The molecule has 1 aromatic rings. The Labute approximate surface area is 162 Å². The lowest BCUT2D eigenvalue weighted by Gasteiger charge is -2.22. The van der Waals surface area contributed by atoms with Crippen LogP contribution in [0.25, 0.3) is 0 Å². The van der Waals surface area contributed by atoms with E-state index >= 15 is 0 Å². The first kappa shape index (κ1) is 28.0. The molecule has 1 aliphatic rings. The van der Waals surface area contributed by atoms with E-state index in [1.807, 2.05) is 0 Å². The summed E-state index contributed by atoms with van der Waals surface area (Å²) in [6.45, 7) is 2.40. The Morgan fingerprint density at radius 3 is 1.32 bits per heavy atom. The molecule has 0 unspecified atom stereocenters. The second-order valence-electron chi connectivity index (χ2n) is 5.73. The van der Waals surface area contributed by atoms with Gasteiger partial charge in [0.15, 0.2) is 23.3 Å². The van der Waals surface area contributed by atoms with E-state index < -0.39 is 46.6 Å². The van der Waals surface area contributed by atoms with E-state index in [2.05, 4.69) is 6.92 Å². The summed E-state index contributed by atoms with van der Waals surface area (Å²) in [5.74, 6) is -7.43. The van der Waals surface area contributed by atoms with Gasteiger partial charge in [0, 0.05) is 6.61 Å². The van der Waals surface area contributed by atoms with Gasteiger partial charge < -0.3 is 15.3 Å². The van der Waals surface area contributed by atoms with Gasteiger partial charge in [-0.05, 0) is 19.3 Å². The highest BCUT2D eigenvalue weighted by atomic mass is 19.2. The molecule has 0 bridgehead atoms. The summed E-state index contributed by atoms with van der Waals surface area (Å²) in [7, 11) is 0. The van der Waals surface area contributed by atoms with E-state index in [1.54, 1.807) is 0 Å². The van der Waals surface area contributed by atoms with Crippen molar-refractivity contribution < 1.29 is 32.9 Å². The third kappa shape index (κ3) is 8.22. The van der Waals surface area contributed by atoms with E-state index in [1.165, 1.54) is 0 Å². The summed E-state index contributed by atoms with van der Waals surface area (Å²) in [6, 6.07) is 1.91. The Hall–Kier alpha value is -2.20. The fraction of sp³-hybridized carbons (Fsp3) is 0.579. The molecule has 0 spiro atoms. The highest BCUT2D eigenvalue weighted by molar-refractivity contribution is 5.42. The molecule has 2 atom stereocenters. The quantitative estimate of drug-likeness (QED) is 0.513. The average Bonchev–Trinajstić information content (AvgIpc) is 2.65. The number of hydrogen-bond donors (Lipinski definition) is 3. The number of halogens is 4. The minimum Gasteiger partial charge on any atom is -0.396 e. The van der Waals surface area contributed by atoms with Gasteiger partial charge in [0.05, 0.1) is 12.2 Å². The summed E-state index contributed by atoms with van der Waals surface area (Å²) in [5.41, 5.74) is -2.75. The smallest absolute Gasteiger partial charge is 0.181 e. The van der Waals surface area contributed by atoms with Crippen LogP contribution in [0.4, 0.5) is 17.6 Å². The number of rotatable bonds is 2. The van der Waals surface area contributed by atoms with Gasteiger partial charge in [-0.2, -0.15) is 10.5 Å². The van der Waals surface area contributed by atoms with Gasteiger partial charge in [0.2, 0.25) is 0 Å². The predicted octanol–water partition coefficient (Wildman–Crippen LogP) is 3.68. The van der Waals surface area contributed by atoms with Crippen molar-refractivity contribution in [2.24, 2.45) is 0 Å². The van der Waals surface area contributed by atoms with Crippen LogP contribution in [-0.2, 0) is 0 Å². The molecule has 5 nitrogen and oxygen atoms in total. The van der Waals surface area contributed by atoms with E-state index in [-0.39, 0.29) is 7.43 Å². The van der Waals surface area contributed by atoms with Crippen LogP contribution in [-0.4, -0.2) is 34.1 Å². The van der Waals surface area contributed by atoms with Crippen molar-refractivity contribution in [1.29, 1.82) is 10.5 Å². The lowest BCUT2D eigenvalue weighted by atomic mass is 9.95. The molecule has 2 rings (SSSR count). The van der Waals surface area contributed by atoms with Crippen LogP contribution in [0, 0.1) is 45.9 Å². The molecular weight excluding hydrogens is 380 g/mol. The summed E-state index contributed by atoms with van der Waals surface area (Å²) < 4.78 is 50.9. The van der Waals surface area contributed by atoms with Gasteiger partial charge in [-0.15, -0.1) is 0 Å². The number of hydrogen-bond acceptors (Lipinski definition) is 5. The second kappa shape index (κ2) is 14.8. The van der Waals surface area contributed by atoms with Gasteiger partial charge in [-0.25, -0.2) is 17.6 Å². The number of aliphatic hydroxyl groups is 3. The molecule has 0 heterocycles. The summed E-state index contributed by atoms with van der Waals surface area (Å²) in [5, 5.41) is 42.3. The Balaban J connectivity index is 0. The maximum atomic E-state index is 12.7. The molecule has 0 aromatic heterocycles. The van der Waals surface area contributed by atoms with Crippen molar-refractivity contribution in [3.8, 4) is 12.1 Å². The topological polar surface area (TPSA) is 108 Å². The monoisotopic (exact) mass is 406 g/mol. The maximum absolute atomic E-state index is 12.7. The first-order valence-corrected chi connectivity index (χ1v) is 8.39. The second-order valence-corrected chi connectivity index (χ2v) is 5.73. The lowest BCUT2D eigenvalue weighted by molar-refractivity contribution is -0.00865. The highest BCUT2D eigenvalue weighted by Gasteiger charge is 2.25. The molecule has 0 saturated heterocycles. The van der Waals surface area contributed by atoms with Gasteiger partial charge >= 0.3 is 0 Å². The summed E-state index contributed by atoms with van der Waals surface area (Å²) in [4.78, 5) is 0. The third-order valence-corrected chi connectivity index (χ3v) is 3.69. The molecule has 0 radical (unpaired) electrons. The van der Waals surface area contributed by atoms with Crippen LogP contribution in [0.15, 0.2) is 0 Å². The van der Waals surface area contributed by atoms with Gasteiger partial charge in [0.25, 0.3) is 0 Å². The molecule has 0 aliphatic heterocycles. The van der Waals surface area contributed by atoms with Crippen molar-refractivity contribution in [2.45, 2.75) is 65.1 Å². The van der Waals surface area contributed by atoms with Crippen LogP contribution < -0.4 is 0 Å². The van der Waals surface area contributed by atoms with Gasteiger partial charge in [0.1, 0.15) is 23.3 Å². The zero-order valence-corrected chi connectivity index (χ0v) is 14.9. The first-order valence-electron chi connectivity index (χ1n) is 8.39. The fourth-order valence-corrected chi connectivity index (χ4v) is 2.08. The molecule has 0 amide bonds. The number of nitrogens with zero attached hydrogens (tertiary/aromatic N) is 2. The van der Waals surface area contributed by atoms with Crippen molar-refractivity contribution in [3.63, 3.8) is 0 Å². The summed E-state index contributed by atoms with van der Waals surface area (Å²) in [6.07, 6.45) is 4.85. The van der Waals surface area contributed by atoms with Crippen LogP contribution in [0.2, 0.25) is 0 Å². The molecule has 3 N–H and O–H groups in total. The standard InChI is InChI=1S/C8F4N2.C6H12O2.C4H10O.CH4/c9-5-3(1-13)6(10)8(12)4(2-14)7(5)11;7-5-3-1-2-4-6(5)8;1-2-3-4-5;/h;5-8H,1-4H2;5H,2-4H2,1H3;1H4/t;5-,6-;;/m.1../s1. The molecule has 158 valence electrons. The largest absolute Gasteiger partial charge is 0.396 e. The summed E-state index contributed by atoms with van der Waals surface area (Å²) >= 11 is 0. The minimum absolute atomic E-state index is 0.